The lowest BCUT2D eigenvalue weighted by molar-refractivity contribution is -0.138. The number of para-hydroxylation sites is 1. The van der Waals surface area contributed by atoms with Gasteiger partial charge < -0.3 is 10.5 Å². The molecule has 0 bridgehead atoms. The maximum atomic E-state index is 12.8. The monoisotopic (exact) mass is 281 g/mol. The summed E-state index contributed by atoms with van der Waals surface area (Å²) in [5, 5.41) is 7.19. The van der Waals surface area contributed by atoms with Crippen molar-refractivity contribution in [2.45, 2.75) is 6.18 Å². The van der Waals surface area contributed by atoms with Crippen molar-refractivity contribution in [1.82, 2.24) is 4.98 Å². The lowest BCUT2D eigenvalue weighted by atomic mass is 10.2. The standard InChI is InChI=1S/C13H10F3N3O/c14-13(15,16)9-3-1-2-4-10(9)20-11-6-5-8(7-19-11)12(17)18/h1-7H,(H3,17,18). The van der Waals surface area contributed by atoms with Crippen molar-refractivity contribution in [2.75, 3.05) is 0 Å². The number of rotatable bonds is 3. The average molecular weight is 281 g/mol. The molecule has 0 unspecified atom stereocenters. The number of hydrogen-bond donors (Lipinski definition) is 2. The van der Waals surface area contributed by atoms with Crippen LogP contribution in [0.15, 0.2) is 42.6 Å². The summed E-state index contributed by atoms with van der Waals surface area (Å²) in [5.74, 6) is -0.519. The Morgan fingerprint density at radius 2 is 1.85 bits per heavy atom. The van der Waals surface area contributed by atoms with Gasteiger partial charge in [0.05, 0.1) is 5.56 Å². The summed E-state index contributed by atoms with van der Waals surface area (Å²) < 4.78 is 43.5. The fourth-order valence-corrected chi connectivity index (χ4v) is 1.50. The Kier molecular flexibility index (Phi) is 3.60. The van der Waals surface area contributed by atoms with E-state index in [9.17, 15) is 13.2 Å². The van der Waals surface area contributed by atoms with Gasteiger partial charge in [0.25, 0.3) is 0 Å². The molecule has 0 aliphatic carbocycles. The van der Waals surface area contributed by atoms with Crippen molar-refractivity contribution in [3.05, 3.63) is 53.7 Å². The van der Waals surface area contributed by atoms with Gasteiger partial charge in [-0.3, -0.25) is 5.41 Å². The van der Waals surface area contributed by atoms with E-state index < -0.39 is 11.7 Å². The van der Waals surface area contributed by atoms with Crippen LogP contribution in [0.2, 0.25) is 0 Å². The van der Waals surface area contributed by atoms with Crippen molar-refractivity contribution in [3.8, 4) is 11.6 Å². The molecule has 0 saturated carbocycles. The maximum Gasteiger partial charge on any atom is 0.419 e. The summed E-state index contributed by atoms with van der Waals surface area (Å²) in [7, 11) is 0. The molecule has 0 fully saturated rings. The number of aromatic nitrogens is 1. The first kappa shape index (κ1) is 13.9. The van der Waals surface area contributed by atoms with Crippen LogP contribution in [-0.2, 0) is 6.18 Å². The molecule has 1 heterocycles. The van der Waals surface area contributed by atoms with Gasteiger partial charge >= 0.3 is 6.18 Å². The summed E-state index contributed by atoms with van der Waals surface area (Å²) >= 11 is 0. The van der Waals surface area contributed by atoms with Crippen LogP contribution in [-0.4, -0.2) is 10.8 Å². The molecule has 104 valence electrons. The third-order valence-electron chi connectivity index (χ3n) is 2.45. The van der Waals surface area contributed by atoms with Crippen LogP contribution in [0.5, 0.6) is 11.6 Å². The zero-order valence-electron chi connectivity index (χ0n) is 10.1. The molecule has 3 N–H and O–H groups in total. The maximum absolute atomic E-state index is 12.8. The van der Waals surface area contributed by atoms with Crippen LogP contribution in [0, 0.1) is 5.41 Å². The van der Waals surface area contributed by atoms with E-state index >= 15 is 0 Å². The van der Waals surface area contributed by atoms with Gasteiger partial charge in [0, 0.05) is 17.8 Å². The predicted octanol–water partition coefficient (Wildman–Crippen LogP) is 3.18. The molecule has 20 heavy (non-hydrogen) atoms. The minimum absolute atomic E-state index is 0.00769. The van der Waals surface area contributed by atoms with Crippen LogP contribution in [0.25, 0.3) is 0 Å². The van der Waals surface area contributed by atoms with E-state index in [-0.39, 0.29) is 17.5 Å². The minimum atomic E-state index is -4.50. The number of pyridine rings is 1. The molecule has 0 amide bonds. The quantitative estimate of drug-likeness (QED) is 0.670. The smallest absolute Gasteiger partial charge is 0.419 e. The van der Waals surface area contributed by atoms with Gasteiger partial charge in [-0.25, -0.2) is 4.98 Å². The van der Waals surface area contributed by atoms with Gasteiger partial charge in [-0.2, -0.15) is 13.2 Å². The SMILES string of the molecule is N=C(N)c1ccc(Oc2ccccc2C(F)(F)F)nc1. The normalized spacial score (nSPS) is 11.2. The molecule has 0 atom stereocenters. The largest absolute Gasteiger partial charge is 0.438 e. The molecule has 0 aliphatic heterocycles. The summed E-state index contributed by atoms with van der Waals surface area (Å²) in [6, 6.07) is 7.66. The predicted molar refractivity (Wildman–Crippen MR) is 66.8 cm³/mol. The number of halogens is 3. The van der Waals surface area contributed by atoms with Crippen molar-refractivity contribution in [1.29, 1.82) is 5.41 Å². The lowest BCUT2D eigenvalue weighted by Crippen LogP contribution is -2.11. The van der Waals surface area contributed by atoms with Crippen molar-refractivity contribution in [2.24, 2.45) is 5.73 Å². The highest BCUT2D eigenvalue weighted by molar-refractivity contribution is 5.94. The van der Waals surface area contributed by atoms with E-state index in [1.165, 1.54) is 36.5 Å². The average Bonchev–Trinajstić information content (AvgIpc) is 2.38. The van der Waals surface area contributed by atoms with E-state index in [1.54, 1.807) is 0 Å². The minimum Gasteiger partial charge on any atom is -0.438 e. The highest BCUT2D eigenvalue weighted by Gasteiger charge is 2.34. The topological polar surface area (TPSA) is 72.0 Å². The Morgan fingerprint density at radius 3 is 2.40 bits per heavy atom. The lowest BCUT2D eigenvalue weighted by Gasteiger charge is -2.12. The zero-order chi connectivity index (χ0) is 14.8. The van der Waals surface area contributed by atoms with Gasteiger partial charge in [0.1, 0.15) is 11.6 Å². The molecule has 0 aliphatic rings. The van der Waals surface area contributed by atoms with Crippen molar-refractivity contribution >= 4 is 5.84 Å². The molecule has 0 spiro atoms. The molecule has 0 radical (unpaired) electrons. The third kappa shape index (κ3) is 3.05. The zero-order valence-corrected chi connectivity index (χ0v) is 10.1. The highest BCUT2D eigenvalue weighted by Crippen LogP contribution is 2.37. The van der Waals surface area contributed by atoms with E-state index in [0.717, 1.165) is 6.07 Å². The number of amidine groups is 1. The summed E-state index contributed by atoms with van der Waals surface area (Å²) in [5.41, 5.74) is 4.74. The molecule has 2 aromatic rings. The molecule has 1 aromatic carbocycles. The van der Waals surface area contributed by atoms with Crippen LogP contribution in [0.3, 0.4) is 0 Å². The van der Waals surface area contributed by atoms with E-state index in [2.05, 4.69) is 4.98 Å². The molecular formula is C13H10F3N3O. The molecule has 7 heteroatoms. The second kappa shape index (κ2) is 5.20. The summed E-state index contributed by atoms with van der Waals surface area (Å²) in [4.78, 5) is 3.81. The summed E-state index contributed by atoms with van der Waals surface area (Å²) in [6.07, 6.45) is -3.25. The van der Waals surface area contributed by atoms with Crippen LogP contribution < -0.4 is 10.5 Å². The second-order valence-electron chi connectivity index (χ2n) is 3.89. The van der Waals surface area contributed by atoms with Gasteiger partial charge in [-0.1, -0.05) is 12.1 Å². The molecule has 2 rings (SSSR count). The second-order valence-corrected chi connectivity index (χ2v) is 3.89. The Labute approximate surface area is 112 Å². The first-order chi connectivity index (χ1) is 9.38. The number of hydrogen-bond acceptors (Lipinski definition) is 3. The van der Waals surface area contributed by atoms with Crippen molar-refractivity contribution in [3.63, 3.8) is 0 Å². The molecule has 4 nitrogen and oxygen atoms in total. The van der Waals surface area contributed by atoms with Gasteiger partial charge in [0.15, 0.2) is 0 Å². The van der Waals surface area contributed by atoms with Crippen molar-refractivity contribution < 1.29 is 17.9 Å². The van der Waals surface area contributed by atoms with E-state index in [1.807, 2.05) is 0 Å². The Bertz CT molecular complexity index is 624. The Balaban J connectivity index is 2.28. The number of nitrogens with one attached hydrogen (secondary N) is 1. The summed E-state index contributed by atoms with van der Waals surface area (Å²) in [6.45, 7) is 0. The number of nitrogen functional groups attached to an aromatic ring is 1. The molecule has 0 saturated heterocycles. The fraction of sp³-hybridized carbons (Fsp3) is 0.0769. The van der Waals surface area contributed by atoms with Crippen LogP contribution >= 0.6 is 0 Å². The van der Waals surface area contributed by atoms with E-state index in [0.29, 0.717) is 5.56 Å². The number of nitrogens with two attached hydrogens (primary N) is 1. The highest BCUT2D eigenvalue weighted by atomic mass is 19.4. The van der Waals surface area contributed by atoms with Crippen LogP contribution in [0.1, 0.15) is 11.1 Å². The number of nitrogens with zero attached hydrogens (tertiary/aromatic N) is 1. The molecule has 1 aromatic heterocycles. The fourth-order valence-electron chi connectivity index (χ4n) is 1.50. The number of alkyl halides is 3. The Hall–Kier alpha value is -2.57. The van der Waals surface area contributed by atoms with Crippen LogP contribution in [0.4, 0.5) is 13.2 Å². The molecular weight excluding hydrogens is 271 g/mol. The third-order valence-corrected chi connectivity index (χ3v) is 2.45. The first-order valence-corrected chi connectivity index (χ1v) is 5.52. The first-order valence-electron chi connectivity index (χ1n) is 5.52. The number of ether oxygens (including phenoxy) is 1. The van der Waals surface area contributed by atoms with Gasteiger partial charge in [-0.15, -0.1) is 0 Å². The van der Waals surface area contributed by atoms with E-state index in [4.69, 9.17) is 15.9 Å². The van der Waals surface area contributed by atoms with Gasteiger partial charge in [0.2, 0.25) is 5.88 Å². The Morgan fingerprint density at radius 1 is 1.15 bits per heavy atom. The number of benzene rings is 1. The van der Waals surface area contributed by atoms with Gasteiger partial charge in [-0.05, 0) is 18.2 Å².